The van der Waals surface area contributed by atoms with Crippen LogP contribution in [0.1, 0.15) is 0 Å². The van der Waals surface area contributed by atoms with Gasteiger partial charge >= 0.3 is 6.02 Å². The van der Waals surface area contributed by atoms with Crippen LogP contribution >= 0.6 is 0 Å². The minimum atomic E-state index is -0.353. The van der Waals surface area contributed by atoms with Gasteiger partial charge in [0.25, 0.3) is 0 Å². The predicted octanol–water partition coefficient (Wildman–Crippen LogP) is -0.664. The van der Waals surface area contributed by atoms with E-state index in [1.807, 2.05) is 0 Å². The third kappa shape index (κ3) is 1.03. The third-order valence-electron chi connectivity index (χ3n) is 1.24. The van der Waals surface area contributed by atoms with Crippen molar-refractivity contribution in [1.29, 1.82) is 5.41 Å². The summed E-state index contributed by atoms with van der Waals surface area (Å²) in [5.41, 5.74) is 2.50. The van der Waals surface area contributed by atoms with Crippen LogP contribution in [0.25, 0.3) is 0 Å². The number of hydroxylamine groups is 1. The van der Waals surface area contributed by atoms with Crippen molar-refractivity contribution < 1.29 is 4.84 Å². The molecule has 2 N–H and O–H groups in total. The van der Waals surface area contributed by atoms with Gasteiger partial charge in [-0.1, -0.05) is 0 Å². The molecule has 0 radical (unpaired) electrons. The van der Waals surface area contributed by atoms with Crippen LogP contribution in [-0.2, 0) is 4.84 Å². The van der Waals surface area contributed by atoms with Gasteiger partial charge in [0, 0.05) is 12.4 Å². The van der Waals surface area contributed by atoms with E-state index >= 15 is 0 Å². The van der Waals surface area contributed by atoms with Crippen LogP contribution in [0, 0.1) is 5.41 Å². The fourth-order valence-electron chi connectivity index (χ4n) is 0.783. The fourth-order valence-corrected chi connectivity index (χ4v) is 0.783. The van der Waals surface area contributed by atoms with E-state index in [9.17, 15) is 0 Å². The molecule has 0 aliphatic carbocycles. The summed E-state index contributed by atoms with van der Waals surface area (Å²) >= 11 is 0. The minimum absolute atomic E-state index is 0.189. The molecule has 1 atom stereocenters. The predicted molar refractivity (Wildman–Crippen MR) is 40.2 cm³/mol. The van der Waals surface area contributed by atoms with Gasteiger partial charge in [0.2, 0.25) is 0 Å². The van der Waals surface area contributed by atoms with E-state index in [1.165, 1.54) is 6.21 Å². The topological polar surface area (TPSA) is 82.2 Å². The quantitative estimate of drug-likeness (QED) is 0.481. The maximum Gasteiger partial charge on any atom is 0.330 e. The van der Waals surface area contributed by atoms with E-state index in [4.69, 9.17) is 5.41 Å². The average molecular weight is 151 g/mol. The Labute approximate surface area is 62.2 Å². The van der Waals surface area contributed by atoms with E-state index in [0.29, 0.717) is 5.84 Å². The van der Waals surface area contributed by atoms with Crippen LogP contribution in [-0.4, -0.2) is 30.5 Å². The Kier molecular flexibility index (Phi) is 1.26. The number of aliphatic imine (C=N–C) groups is 3. The first-order valence-electron chi connectivity index (χ1n) is 3.01. The number of amidine groups is 2. The lowest BCUT2D eigenvalue weighted by Gasteiger charge is -2.19. The molecule has 0 spiro atoms. The monoisotopic (exact) mass is 151 g/mol. The van der Waals surface area contributed by atoms with Gasteiger partial charge in [-0.25, -0.2) is 10.4 Å². The highest BCUT2D eigenvalue weighted by atomic mass is 16.7. The molecule has 2 rings (SSSR count). The van der Waals surface area contributed by atoms with Crippen molar-refractivity contribution in [2.24, 2.45) is 15.0 Å². The highest BCUT2D eigenvalue weighted by Crippen LogP contribution is 2.02. The van der Waals surface area contributed by atoms with Gasteiger partial charge in [-0.15, -0.1) is 5.48 Å². The number of rotatable bonds is 0. The van der Waals surface area contributed by atoms with Gasteiger partial charge < -0.3 is 4.84 Å². The van der Waals surface area contributed by atoms with Crippen LogP contribution in [0.5, 0.6) is 0 Å². The van der Waals surface area contributed by atoms with Crippen LogP contribution < -0.4 is 5.48 Å². The molecule has 6 heteroatoms. The highest BCUT2D eigenvalue weighted by molar-refractivity contribution is 6.22. The second kappa shape index (κ2) is 2.24. The lowest BCUT2D eigenvalue weighted by molar-refractivity contribution is 0.154. The van der Waals surface area contributed by atoms with Crippen molar-refractivity contribution in [3.63, 3.8) is 0 Å². The zero-order chi connectivity index (χ0) is 7.68. The van der Waals surface area contributed by atoms with Gasteiger partial charge in [0.05, 0.1) is 0 Å². The van der Waals surface area contributed by atoms with Crippen molar-refractivity contribution in [3.05, 3.63) is 0 Å². The summed E-state index contributed by atoms with van der Waals surface area (Å²) in [6.45, 7) is 0. The van der Waals surface area contributed by atoms with Gasteiger partial charge in [0.1, 0.15) is 0 Å². The zero-order valence-corrected chi connectivity index (χ0v) is 5.48. The molecule has 0 saturated heterocycles. The summed E-state index contributed by atoms with van der Waals surface area (Å²) in [7, 11) is 0. The number of nitrogens with zero attached hydrogens (tertiary/aromatic N) is 3. The Morgan fingerprint density at radius 1 is 1.55 bits per heavy atom. The van der Waals surface area contributed by atoms with Gasteiger partial charge in [-0.05, 0) is 0 Å². The number of fused-ring (bicyclic) bond motifs is 1. The Bertz CT molecular complexity index is 279. The number of nitrogens with one attached hydrogen (secondary N) is 2. The van der Waals surface area contributed by atoms with E-state index < -0.39 is 0 Å². The average Bonchev–Trinajstić information content (AvgIpc) is 2.04. The summed E-state index contributed by atoms with van der Waals surface area (Å²) in [5, 5.41) is 7.01. The molecule has 2 heterocycles. The molecule has 1 unspecified atom stereocenters. The van der Waals surface area contributed by atoms with Crippen molar-refractivity contribution in [2.75, 3.05) is 0 Å². The summed E-state index contributed by atoms with van der Waals surface area (Å²) in [4.78, 5) is 16.2. The molecule has 6 nitrogen and oxygen atoms in total. The smallest absolute Gasteiger partial charge is 0.330 e. The second-order valence-corrected chi connectivity index (χ2v) is 1.97. The molecule has 56 valence electrons. The fraction of sp³-hybridized carbons (Fsp3) is 0.200. The Balaban J connectivity index is 2.33. The molecule has 0 amide bonds. The maximum absolute atomic E-state index is 7.01. The molecule has 0 aromatic carbocycles. The molecule has 0 fully saturated rings. The Morgan fingerprint density at radius 3 is 3.36 bits per heavy atom. The lowest BCUT2D eigenvalue weighted by atomic mass is 10.4. The summed E-state index contributed by atoms with van der Waals surface area (Å²) < 4.78 is 0. The largest absolute Gasteiger partial charge is 0.366 e. The minimum Gasteiger partial charge on any atom is -0.366 e. The molecule has 2 aliphatic heterocycles. The van der Waals surface area contributed by atoms with Crippen molar-refractivity contribution in [1.82, 2.24) is 5.48 Å². The second-order valence-electron chi connectivity index (χ2n) is 1.97. The zero-order valence-electron chi connectivity index (χ0n) is 5.48. The van der Waals surface area contributed by atoms with Crippen LogP contribution in [0.15, 0.2) is 15.0 Å². The summed E-state index contributed by atoms with van der Waals surface area (Å²) in [5.74, 6) is 0.462. The van der Waals surface area contributed by atoms with Gasteiger partial charge in [-0.2, -0.15) is 4.99 Å². The molecule has 0 bridgehead atoms. The van der Waals surface area contributed by atoms with E-state index in [-0.39, 0.29) is 12.2 Å². The first-order chi connectivity index (χ1) is 5.36. The van der Waals surface area contributed by atoms with Crippen LogP contribution in [0.4, 0.5) is 0 Å². The van der Waals surface area contributed by atoms with Gasteiger partial charge in [0.15, 0.2) is 12.0 Å². The first kappa shape index (κ1) is 6.17. The molecule has 0 saturated carbocycles. The van der Waals surface area contributed by atoms with E-state index in [0.717, 1.165) is 0 Å². The molecular formula is C5H5N5O. The molecule has 0 aromatic heterocycles. The molecule has 2 aliphatic rings. The standard InChI is InChI=1S/C5H5N5O/c6-5-9-3-4(10-11-5)8-2-1-7-3/h1-2,4,6,10H. The van der Waals surface area contributed by atoms with Crippen molar-refractivity contribution in [3.8, 4) is 0 Å². The number of hydrogen-bond acceptors (Lipinski definition) is 5. The van der Waals surface area contributed by atoms with Crippen molar-refractivity contribution in [2.45, 2.75) is 6.17 Å². The Morgan fingerprint density at radius 2 is 2.45 bits per heavy atom. The first-order valence-corrected chi connectivity index (χ1v) is 3.01. The van der Waals surface area contributed by atoms with E-state index in [1.54, 1.807) is 6.21 Å². The third-order valence-corrected chi connectivity index (χ3v) is 1.24. The lowest BCUT2D eigenvalue weighted by Crippen LogP contribution is -2.41. The van der Waals surface area contributed by atoms with E-state index in [2.05, 4.69) is 25.3 Å². The maximum atomic E-state index is 7.01. The summed E-state index contributed by atoms with van der Waals surface area (Å²) in [6, 6.07) is -0.189. The number of hydrogen-bond donors (Lipinski definition) is 2. The summed E-state index contributed by atoms with van der Waals surface area (Å²) in [6.07, 6.45) is 2.72. The highest BCUT2D eigenvalue weighted by Gasteiger charge is 2.21. The van der Waals surface area contributed by atoms with Gasteiger partial charge in [-0.3, -0.25) is 4.99 Å². The van der Waals surface area contributed by atoms with Crippen LogP contribution in [0.3, 0.4) is 0 Å². The molecule has 0 aromatic rings. The Hall–Kier alpha value is -1.56. The van der Waals surface area contributed by atoms with Crippen molar-refractivity contribution >= 4 is 24.3 Å². The molecular weight excluding hydrogens is 146 g/mol. The molecule has 11 heavy (non-hydrogen) atoms. The normalized spacial score (nSPS) is 27.5. The SMILES string of the molecule is N=C1N=C2N=CC=NC2NO1. The van der Waals surface area contributed by atoms with Crippen LogP contribution in [0.2, 0.25) is 0 Å².